The van der Waals surface area contributed by atoms with Gasteiger partial charge in [-0.2, -0.15) is 5.10 Å². The van der Waals surface area contributed by atoms with E-state index in [1.165, 1.54) is 0 Å². The van der Waals surface area contributed by atoms with Gasteiger partial charge in [-0.05, 0) is 20.8 Å². The van der Waals surface area contributed by atoms with Gasteiger partial charge in [0.05, 0.1) is 0 Å². The van der Waals surface area contributed by atoms with Crippen molar-refractivity contribution in [2.45, 2.75) is 26.3 Å². The number of aromatic nitrogens is 2. The van der Waals surface area contributed by atoms with Gasteiger partial charge < -0.3 is 5.32 Å². The number of aryl methyl sites for hydroxylation is 1. The Balaban J connectivity index is 2.50. The summed E-state index contributed by atoms with van der Waals surface area (Å²) in [6, 6.07) is 1.50. The van der Waals surface area contributed by atoms with Crippen LogP contribution in [0.25, 0.3) is 0 Å². The third-order valence-corrected chi connectivity index (χ3v) is 1.44. The quantitative estimate of drug-likeness (QED) is 0.712. The van der Waals surface area contributed by atoms with Crippen molar-refractivity contribution in [3.05, 3.63) is 12.3 Å². The Morgan fingerprint density at radius 1 is 1.50 bits per heavy atom. The molecule has 14 heavy (non-hydrogen) atoms. The first-order valence-electron chi connectivity index (χ1n) is 4.46. The van der Waals surface area contributed by atoms with Gasteiger partial charge in [-0.3, -0.25) is 10.00 Å². The number of carbonyl (C=O) groups is 1. The predicted molar refractivity (Wildman–Crippen MR) is 55.1 cm³/mol. The minimum absolute atomic E-state index is 0.237. The molecule has 1 heterocycles. The van der Waals surface area contributed by atoms with Crippen molar-refractivity contribution in [1.29, 1.82) is 0 Å². The summed E-state index contributed by atoms with van der Waals surface area (Å²) < 4.78 is 1.63. The van der Waals surface area contributed by atoms with Crippen molar-refractivity contribution >= 4 is 11.8 Å². The van der Waals surface area contributed by atoms with E-state index in [0.717, 1.165) is 0 Å². The summed E-state index contributed by atoms with van der Waals surface area (Å²) in [5.74, 6) is 0.550. The zero-order valence-electron chi connectivity index (χ0n) is 8.96. The minimum atomic E-state index is -0.240. The second kappa shape index (κ2) is 3.69. The summed E-state index contributed by atoms with van der Waals surface area (Å²) in [7, 11) is 1.80. The number of hydrogen-bond acceptors (Lipinski definition) is 2. The average molecular weight is 196 g/mol. The van der Waals surface area contributed by atoms with Crippen LogP contribution in [0.4, 0.5) is 10.6 Å². The van der Waals surface area contributed by atoms with Crippen LogP contribution in [0.5, 0.6) is 0 Å². The van der Waals surface area contributed by atoms with E-state index in [2.05, 4.69) is 15.7 Å². The molecule has 0 aliphatic heterocycles. The Kier molecular flexibility index (Phi) is 2.78. The highest BCUT2D eigenvalue weighted by Gasteiger charge is 2.13. The minimum Gasteiger partial charge on any atom is -0.333 e. The third kappa shape index (κ3) is 3.47. The van der Waals surface area contributed by atoms with Crippen LogP contribution in [0.2, 0.25) is 0 Å². The van der Waals surface area contributed by atoms with Gasteiger partial charge in [-0.25, -0.2) is 4.79 Å². The molecule has 0 unspecified atom stereocenters. The highest BCUT2D eigenvalue weighted by atomic mass is 16.2. The van der Waals surface area contributed by atoms with Gasteiger partial charge in [0.25, 0.3) is 0 Å². The van der Waals surface area contributed by atoms with Gasteiger partial charge in [0.15, 0.2) is 5.82 Å². The van der Waals surface area contributed by atoms with Crippen LogP contribution in [-0.4, -0.2) is 21.4 Å². The molecule has 0 aliphatic carbocycles. The van der Waals surface area contributed by atoms with Gasteiger partial charge in [0.2, 0.25) is 0 Å². The molecule has 78 valence electrons. The second-order valence-corrected chi connectivity index (χ2v) is 4.20. The van der Waals surface area contributed by atoms with Crippen LogP contribution < -0.4 is 10.6 Å². The Bertz CT molecular complexity index is 324. The fourth-order valence-electron chi connectivity index (χ4n) is 0.970. The number of nitrogens with one attached hydrogen (secondary N) is 2. The lowest BCUT2D eigenvalue weighted by Crippen LogP contribution is -2.43. The molecule has 0 saturated carbocycles. The van der Waals surface area contributed by atoms with Gasteiger partial charge in [-0.15, -0.1) is 0 Å². The van der Waals surface area contributed by atoms with Crippen molar-refractivity contribution in [2.24, 2.45) is 7.05 Å². The first kappa shape index (κ1) is 10.6. The van der Waals surface area contributed by atoms with Crippen LogP contribution in [0.1, 0.15) is 20.8 Å². The fraction of sp³-hybridized carbons (Fsp3) is 0.556. The summed E-state index contributed by atoms with van der Waals surface area (Å²) in [6.07, 6.45) is 1.77. The van der Waals surface area contributed by atoms with E-state index in [1.807, 2.05) is 20.8 Å². The molecule has 2 amide bonds. The van der Waals surface area contributed by atoms with Crippen LogP contribution in [0, 0.1) is 0 Å². The molecule has 0 fully saturated rings. The van der Waals surface area contributed by atoms with Gasteiger partial charge in [-0.1, -0.05) is 0 Å². The molecule has 5 heteroatoms. The SMILES string of the molecule is Cn1ccc(NC(=O)NC(C)(C)C)n1. The van der Waals surface area contributed by atoms with E-state index in [-0.39, 0.29) is 11.6 Å². The van der Waals surface area contributed by atoms with Crippen molar-refractivity contribution in [3.63, 3.8) is 0 Å². The monoisotopic (exact) mass is 196 g/mol. The van der Waals surface area contributed by atoms with E-state index < -0.39 is 0 Å². The Hall–Kier alpha value is -1.52. The second-order valence-electron chi connectivity index (χ2n) is 4.20. The molecule has 0 aliphatic rings. The molecule has 1 aromatic heterocycles. The summed E-state index contributed by atoms with van der Waals surface area (Å²) in [6.45, 7) is 5.76. The molecule has 1 aromatic rings. The number of hydrogen-bond donors (Lipinski definition) is 2. The topological polar surface area (TPSA) is 59.0 Å². The molecule has 2 N–H and O–H groups in total. The van der Waals surface area contributed by atoms with Gasteiger partial charge >= 0.3 is 6.03 Å². The Morgan fingerprint density at radius 2 is 2.14 bits per heavy atom. The van der Waals surface area contributed by atoms with E-state index in [1.54, 1.807) is 24.0 Å². The molecule has 5 nitrogen and oxygen atoms in total. The van der Waals surface area contributed by atoms with E-state index in [9.17, 15) is 4.79 Å². The fourth-order valence-corrected chi connectivity index (χ4v) is 0.970. The van der Waals surface area contributed by atoms with Crippen molar-refractivity contribution < 1.29 is 4.79 Å². The average Bonchev–Trinajstić information content (AvgIpc) is 2.30. The highest BCUT2D eigenvalue weighted by molar-refractivity contribution is 5.88. The summed E-state index contributed by atoms with van der Waals surface area (Å²) in [5.41, 5.74) is -0.237. The van der Waals surface area contributed by atoms with Crippen molar-refractivity contribution in [2.75, 3.05) is 5.32 Å². The molecular formula is C9H16N4O. The third-order valence-electron chi connectivity index (χ3n) is 1.44. The zero-order chi connectivity index (χ0) is 10.8. The molecule has 0 aromatic carbocycles. The van der Waals surface area contributed by atoms with E-state index >= 15 is 0 Å². The maximum atomic E-state index is 11.4. The van der Waals surface area contributed by atoms with E-state index in [4.69, 9.17) is 0 Å². The molecule has 0 saturated heterocycles. The number of carbonyl (C=O) groups excluding carboxylic acids is 1. The van der Waals surface area contributed by atoms with Crippen LogP contribution in [-0.2, 0) is 7.05 Å². The lowest BCUT2D eigenvalue weighted by molar-refractivity contribution is 0.243. The van der Waals surface area contributed by atoms with Gasteiger partial charge in [0.1, 0.15) is 0 Å². The Morgan fingerprint density at radius 3 is 2.57 bits per heavy atom. The molecule has 0 bridgehead atoms. The zero-order valence-corrected chi connectivity index (χ0v) is 8.96. The molecule has 0 spiro atoms. The number of urea groups is 1. The molecule has 0 atom stereocenters. The molecule has 1 rings (SSSR count). The maximum absolute atomic E-state index is 11.4. The lowest BCUT2D eigenvalue weighted by Gasteiger charge is -2.20. The van der Waals surface area contributed by atoms with Crippen molar-refractivity contribution in [1.82, 2.24) is 15.1 Å². The van der Waals surface area contributed by atoms with Crippen molar-refractivity contribution in [3.8, 4) is 0 Å². The standard InChI is InChI=1S/C9H16N4O/c1-9(2,3)11-8(14)10-7-5-6-13(4)12-7/h5-6H,1-4H3,(H2,10,11,12,14). The first-order chi connectivity index (χ1) is 6.37. The summed E-state index contributed by atoms with van der Waals surface area (Å²) in [4.78, 5) is 11.4. The maximum Gasteiger partial charge on any atom is 0.320 e. The summed E-state index contributed by atoms with van der Waals surface area (Å²) >= 11 is 0. The van der Waals surface area contributed by atoms with Crippen LogP contribution >= 0.6 is 0 Å². The smallest absolute Gasteiger partial charge is 0.320 e. The van der Waals surface area contributed by atoms with Crippen LogP contribution in [0.15, 0.2) is 12.3 Å². The molecular weight excluding hydrogens is 180 g/mol. The number of anilines is 1. The number of rotatable bonds is 1. The lowest BCUT2D eigenvalue weighted by atomic mass is 10.1. The van der Waals surface area contributed by atoms with Crippen LogP contribution in [0.3, 0.4) is 0 Å². The first-order valence-corrected chi connectivity index (χ1v) is 4.46. The van der Waals surface area contributed by atoms with Gasteiger partial charge in [0, 0.05) is 24.8 Å². The molecule has 0 radical (unpaired) electrons. The highest BCUT2D eigenvalue weighted by Crippen LogP contribution is 2.03. The number of nitrogens with zero attached hydrogens (tertiary/aromatic N) is 2. The van der Waals surface area contributed by atoms with E-state index in [0.29, 0.717) is 5.82 Å². The number of amides is 2. The summed E-state index contributed by atoms with van der Waals surface area (Å²) in [5, 5.41) is 9.44. The Labute approximate surface area is 83.5 Å². The predicted octanol–water partition coefficient (Wildman–Crippen LogP) is 1.34. The normalized spacial score (nSPS) is 11.1. The largest absolute Gasteiger partial charge is 0.333 e.